The number of hydrogen-bond acceptors (Lipinski definition) is 1. The van der Waals surface area contributed by atoms with Crippen molar-refractivity contribution in [2.45, 2.75) is 30.8 Å². The molecule has 104 valence electrons. The van der Waals surface area contributed by atoms with Gasteiger partial charge in [-0.15, -0.1) is 0 Å². The van der Waals surface area contributed by atoms with Crippen molar-refractivity contribution < 1.29 is 44.3 Å². The van der Waals surface area contributed by atoms with Crippen molar-refractivity contribution in [2.24, 2.45) is 0 Å². The van der Waals surface area contributed by atoms with Gasteiger partial charge in [0.05, 0.1) is 6.61 Å². The highest BCUT2D eigenvalue weighted by Crippen LogP contribution is 2.54. The molecule has 0 radical (unpaired) electrons. The first kappa shape index (κ1) is 16.3. The van der Waals surface area contributed by atoms with Crippen LogP contribution in [0.15, 0.2) is 0 Å². The van der Waals surface area contributed by atoms with E-state index >= 15 is 0 Å². The molecule has 0 aromatic rings. The van der Waals surface area contributed by atoms with Crippen LogP contribution < -0.4 is 0 Å². The summed E-state index contributed by atoms with van der Waals surface area (Å²) in [7, 11) is 0. The molecule has 0 aromatic carbocycles. The molecule has 0 bridgehead atoms. The number of alkyl halides is 9. The summed E-state index contributed by atoms with van der Waals surface area (Å²) in [6, 6.07) is 0. The molecule has 0 N–H and O–H groups in total. The van der Waals surface area contributed by atoms with Gasteiger partial charge in [0.25, 0.3) is 0 Å². The molecule has 0 aliphatic rings. The van der Waals surface area contributed by atoms with E-state index in [1.807, 2.05) is 0 Å². The predicted octanol–water partition coefficient (Wildman–Crippen LogP) is 3.49. The first-order valence-corrected chi connectivity index (χ1v) is 4.08. The van der Waals surface area contributed by atoms with Gasteiger partial charge in [-0.1, -0.05) is 0 Å². The van der Waals surface area contributed by atoms with E-state index in [0.29, 0.717) is 0 Å². The number of halogens is 9. The molecule has 0 spiro atoms. The molecule has 1 atom stereocenters. The standard InChI is InChI=1S/C7H7F9O/c1-2-17-7(15,16)5(11,6(12,13)14)4(9,10)3-8/h2-3H2,1H3. The minimum atomic E-state index is -6.71. The molecule has 0 fully saturated rings. The summed E-state index contributed by atoms with van der Waals surface area (Å²) in [4.78, 5) is 0. The molecule has 10 heteroatoms. The Morgan fingerprint density at radius 1 is 0.882 bits per heavy atom. The Balaban J connectivity index is 5.74. The highest BCUT2D eigenvalue weighted by molar-refractivity contribution is 5.05. The van der Waals surface area contributed by atoms with Crippen LogP contribution >= 0.6 is 0 Å². The molecule has 0 saturated heterocycles. The summed E-state index contributed by atoms with van der Waals surface area (Å²) in [6.07, 6.45) is -12.6. The Labute approximate surface area is 89.5 Å². The van der Waals surface area contributed by atoms with Gasteiger partial charge < -0.3 is 4.74 Å². The van der Waals surface area contributed by atoms with Crippen molar-refractivity contribution in [3.05, 3.63) is 0 Å². The van der Waals surface area contributed by atoms with Crippen molar-refractivity contribution in [3.63, 3.8) is 0 Å². The van der Waals surface area contributed by atoms with Gasteiger partial charge in [0, 0.05) is 0 Å². The smallest absolute Gasteiger partial charge is 0.318 e. The molecular formula is C7H7F9O. The van der Waals surface area contributed by atoms with Gasteiger partial charge in [0.1, 0.15) is 0 Å². The van der Waals surface area contributed by atoms with E-state index in [9.17, 15) is 39.5 Å². The molecule has 0 aromatic heterocycles. The third-order valence-electron chi connectivity index (χ3n) is 1.79. The van der Waals surface area contributed by atoms with Crippen LogP contribution in [0.3, 0.4) is 0 Å². The second-order valence-electron chi connectivity index (χ2n) is 2.94. The Hall–Kier alpha value is -0.670. The minimum absolute atomic E-state index is 0.734. The maximum atomic E-state index is 13.1. The van der Waals surface area contributed by atoms with Gasteiger partial charge in [0.2, 0.25) is 0 Å². The summed E-state index contributed by atoms with van der Waals surface area (Å²) in [5.41, 5.74) is -6.43. The van der Waals surface area contributed by atoms with Crippen molar-refractivity contribution in [2.75, 3.05) is 13.3 Å². The molecular weight excluding hydrogens is 271 g/mol. The highest BCUT2D eigenvalue weighted by atomic mass is 19.4. The predicted molar refractivity (Wildman–Crippen MR) is 37.4 cm³/mol. The zero-order chi connectivity index (χ0) is 14.1. The van der Waals surface area contributed by atoms with E-state index in [-0.39, 0.29) is 0 Å². The fourth-order valence-corrected chi connectivity index (χ4v) is 0.958. The molecule has 17 heavy (non-hydrogen) atoms. The van der Waals surface area contributed by atoms with Gasteiger partial charge in [-0.3, -0.25) is 0 Å². The quantitative estimate of drug-likeness (QED) is 0.699. The third-order valence-corrected chi connectivity index (χ3v) is 1.79. The largest absolute Gasteiger partial charge is 0.437 e. The van der Waals surface area contributed by atoms with Crippen molar-refractivity contribution in [1.82, 2.24) is 0 Å². The van der Waals surface area contributed by atoms with Crippen molar-refractivity contribution in [3.8, 4) is 0 Å². The lowest BCUT2D eigenvalue weighted by atomic mass is 9.96. The summed E-state index contributed by atoms with van der Waals surface area (Å²) in [5.74, 6) is -5.97. The summed E-state index contributed by atoms with van der Waals surface area (Å²) < 4.78 is 114. The lowest BCUT2D eigenvalue weighted by Crippen LogP contribution is -2.67. The molecule has 0 aliphatic carbocycles. The minimum Gasteiger partial charge on any atom is -0.318 e. The van der Waals surface area contributed by atoms with Gasteiger partial charge in [-0.05, 0) is 6.92 Å². The summed E-state index contributed by atoms with van der Waals surface area (Å²) in [6.45, 7) is -3.68. The van der Waals surface area contributed by atoms with E-state index < -0.39 is 37.2 Å². The van der Waals surface area contributed by atoms with E-state index in [0.717, 1.165) is 6.92 Å². The molecule has 1 unspecified atom stereocenters. The SMILES string of the molecule is CCOC(F)(F)C(F)(C(F)(F)F)C(F)(F)CF. The van der Waals surface area contributed by atoms with Crippen LogP contribution in [-0.2, 0) is 4.74 Å². The zero-order valence-corrected chi connectivity index (χ0v) is 8.22. The maximum absolute atomic E-state index is 13.1. The van der Waals surface area contributed by atoms with Crippen LogP contribution in [-0.4, -0.2) is 37.2 Å². The first-order chi connectivity index (χ1) is 7.37. The molecule has 0 amide bonds. The Bertz CT molecular complexity index is 261. The van der Waals surface area contributed by atoms with E-state index in [1.54, 1.807) is 0 Å². The van der Waals surface area contributed by atoms with Gasteiger partial charge in [-0.2, -0.15) is 30.7 Å². The second kappa shape index (κ2) is 4.54. The van der Waals surface area contributed by atoms with Crippen LogP contribution in [0.25, 0.3) is 0 Å². The fourth-order valence-electron chi connectivity index (χ4n) is 0.958. The van der Waals surface area contributed by atoms with E-state index in [4.69, 9.17) is 0 Å². The van der Waals surface area contributed by atoms with Crippen LogP contribution in [0.1, 0.15) is 6.92 Å². The van der Waals surface area contributed by atoms with E-state index in [2.05, 4.69) is 4.74 Å². The topological polar surface area (TPSA) is 9.23 Å². The number of ether oxygens (including phenoxy) is 1. The third kappa shape index (κ3) is 2.45. The Kier molecular flexibility index (Phi) is 4.36. The van der Waals surface area contributed by atoms with Crippen LogP contribution in [0.5, 0.6) is 0 Å². The van der Waals surface area contributed by atoms with Crippen LogP contribution in [0.4, 0.5) is 39.5 Å². The van der Waals surface area contributed by atoms with Crippen LogP contribution in [0.2, 0.25) is 0 Å². The molecule has 0 saturated carbocycles. The van der Waals surface area contributed by atoms with Crippen molar-refractivity contribution >= 4 is 0 Å². The second-order valence-corrected chi connectivity index (χ2v) is 2.94. The van der Waals surface area contributed by atoms with Gasteiger partial charge in [0.15, 0.2) is 6.67 Å². The van der Waals surface area contributed by atoms with Crippen molar-refractivity contribution in [1.29, 1.82) is 0 Å². The average Bonchev–Trinajstić information content (AvgIpc) is 2.14. The molecule has 0 rings (SSSR count). The summed E-state index contributed by atoms with van der Waals surface area (Å²) in [5, 5.41) is 0. The normalized spacial score (nSPS) is 18.0. The Morgan fingerprint density at radius 2 is 1.29 bits per heavy atom. The highest BCUT2D eigenvalue weighted by Gasteiger charge is 2.84. The van der Waals surface area contributed by atoms with Gasteiger partial charge in [-0.25, -0.2) is 8.78 Å². The maximum Gasteiger partial charge on any atom is 0.437 e. The van der Waals surface area contributed by atoms with E-state index in [1.165, 1.54) is 0 Å². The Morgan fingerprint density at radius 3 is 1.53 bits per heavy atom. The molecule has 0 aliphatic heterocycles. The van der Waals surface area contributed by atoms with Crippen LogP contribution in [0, 0.1) is 0 Å². The first-order valence-electron chi connectivity index (χ1n) is 4.08. The number of hydrogen-bond donors (Lipinski definition) is 0. The average molecular weight is 278 g/mol. The summed E-state index contributed by atoms with van der Waals surface area (Å²) >= 11 is 0. The lowest BCUT2D eigenvalue weighted by molar-refractivity contribution is -0.427. The monoisotopic (exact) mass is 278 g/mol. The zero-order valence-electron chi connectivity index (χ0n) is 8.22. The molecule has 0 heterocycles. The number of rotatable bonds is 5. The lowest BCUT2D eigenvalue weighted by Gasteiger charge is -2.37. The molecule has 1 nitrogen and oxygen atoms in total. The van der Waals surface area contributed by atoms with Gasteiger partial charge >= 0.3 is 23.9 Å². The fraction of sp³-hybridized carbons (Fsp3) is 1.00.